The molecular weight excluding hydrogens is 432 g/mol. The number of hydrogen-bond donors (Lipinski definition) is 1. The van der Waals surface area contributed by atoms with Crippen molar-refractivity contribution in [3.8, 4) is 11.5 Å². The molecule has 1 N–H and O–H groups in total. The second-order valence-corrected chi connectivity index (χ2v) is 6.97. The van der Waals surface area contributed by atoms with E-state index in [0.29, 0.717) is 42.2 Å². The van der Waals surface area contributed by atoms with Crippen LogP contribution in [0.4, 0.5) is 10.3 Å². The van der Waals surface area contributed by atoms with Crippen molar-refractivity contribution >= 4 is 29.2 Å². The number of nitrogens with one attached hydrogen (secondary N) is 1. The molecule has 2 aromatic carbocycles. The van der Waals surface area contributed by atoms with Crippen LogP contribution in [0.1, 0.15) is 18.1 Å². The highest BCUT2D eigenvalue weighted by Gasteiger charge is 2.16. The lowest BCUT2D eigenvalue weighted by Gasteiger charge is -2.16. The van der Waals surface area contributed by atoms with Crippen LogP contribution in [-0.2, 0) is 19.7 Å². The van der Waals surface area contributed by atoms with Gasteiger partial charge in [0.25, 0.3) is 0 Å². The van der Waals surface area contributed by atoms with Gasteiger partial charge in [-0.1, -0.05) is 40.4 Å². The summed E-state index contributed by atoms with van der Waals surface area (Å²) in [5, 5.41) is 15.2. The summed E-state index contributed by atoms with van der Waals surface area (Å²) in [6, 6.07) is 7.99. The Balaban J connectivity index is 1.78. The van der Waals surface area contributed by atoms with Gasteiger partial charge in [-0.15, -0.1) is 6.58 Å². The van der Waals surface area contributed by atoms with Crippen molar-refractivity contribution in [2.45, 2.75) is 26.6 Å². The molecule has 30 heavy (non-hydrogen) atoms. The summed E-state index contributed by atoms with van der Waals surface area (Å²) in [5.41, 5.74) is 1.07. The normalized spacial score (nSPS) is 10.7. The number of anilines is 1. The second-order valence-electron chi connectivity index (χ2n) is 6.15. The fourth-order valence-corrected chi connectivity index (χ4v) is 3.20. The summed E-state index contributed by atoms with van der Waals surface area (Å²) in [6.07, 6.45) is 1.69. The average molecular weight is 452 g/mol. The fraction of sp³-hybridized carbons (Fsp3) is 0.250. The molecule has 1 heterocycles. The van der Waals surface area contributed by atoms with Crippen molar-refractivity contribution in [2.24, 2.45) is 0 Å². The van der Waals surface area contributed by atoms with Gasteiger partial charge < -0.3 is 14.8 Å². The van der Waals surface area contributed by atoms with Crippen molar-refractivity contribution in [1.82, 2.24) is 20.2 Å². The molecule has 0 bridgehead atoms. The molecule has 3 rings (SSSR count). The summed E-state index contributed by atoms with van der Waals surface area (Å²) in [5.74, 6) is 0.811. The van der Waals surface area contributed by atoms with Gasteiger partial charge in [-0.2, -0.15) is 0 Å². The number of tetrazole rings is 1. The SMILES string of the molecule is C=CCn1nnnc1NCc1cc(Cl)c(OCc2c(F)cccc2Cl)c(OCC)c1. The van der Waals surface area contributed by atoms with E-state index < -0.39 is 5.82 Å². The highest BCUT2D eigenvalue weighted by Crippen LogP contribution is 2.38. The molecule has 0 amide bonds. The Morgan fingerprint density at radius 3 is 2.80 bits per heavy atom. The monoisotopic (exact) mass is 451 g/mol. The lowest BCUT2D eigenvalue weighted by atomic mass is 10.2. The maximum absolute atomic E-state index is 14.0. The zero-order chi connectivity index (χ0) is 21.5. The average Bonchev–Trinajstić information content (AvgIpc) is 3.15. The lowest BCUT2D eigenvalue weighted by Crippen LogP contribution is -2.09. The van der Waals surface area contributed by atoms with Crippen LogP contribution in [0.2, 0.25) is 10.0 Å². The molecule has 0 spiro atoms. The van der Waals surface area contributed by atoms with E-state index in [1.807, 2.05) is 6.92 Å². The third-order valence-electron chi connectivity index (χ3n) is 4.08. The number of ether oxygens (including phenoxy) is 2. The third kappa shape index (κ3) is 5.20. The fourth-order valence-electron chi connectivity index (χ4n) is 2.70. The van der Waals surface area contributed by atoms with Crippen LogP contribution in [0.15, 0.2) is 43.0 Å². The molecule has 0 fully saturated rings. The molecule has 10 heteroatoms. The van der Waals surface area contributed by atoms with E-state index in [0.717, 1.165) is 5.56 Å². The maximum Gasteiger partial charge on any atom is 0.243 e. The van der Waals surface area contributed by atoms with Crippen LogP contribution >= 0.6 is 23.2 Å². The molecule has 0 atom stereocenters. The van der Waals surface area contributed by atoms with Gasteiger partial charge in [0.1, 0.15) is 12.4 Å². The molecule has 0 radical (unpaired) electrons. The number of halogens is 3. The van der Waals surface area contributed by atoms with Crippen molar-refractivity contribution in [1.29, 1.82) is 0 Å². The molecule has 0 aliphatic heterocycles. The van der Waals surface area contributed by atoms with Gasteiger partial charge in [-0.05, 0) is 47.2 Å². The topological polar surface area (TPSA) is 74.1 Å². The maximum atomic E-state index is 14.0. The molecule has 1 aromatic heterocycles. The second kappa shape index (κ2) is 10.3. The van der Waals surface area contributed by atoms with Gasteiger partial charge in [0.15, 0.2) is 11.5 Å². The molecule has 0 saturated carbocycles. The van der Waals surface area contributed by atoms with Crippen LogP contribution < -0.4 is 14.8 Å². The lowest BCUT2D eigenvalue weighted by molar-refractivity contribution is 0.266. The summed E-state index contributed by atoms with van der Waals surface area (Å²) < 4.78 is 27.1. The summed E-state index contributed by atoms with van der Waals surface area (Å²) >= 11 is 12.5. The molecule has 0 aliphatic carbocycles. The first-order valence-electron chi connectivity index (χ1n) is 9.15. The first kappa shape index (κ1) is 21.9. The number of hydrogen-bond acceptors (Lipinski definition) is 6. The van der Waals surface area contributed by atoms with Gasteiger partial charge >= 0.3 is 0 Å². The Morgan fingerprint density at radius 1 is 1.23 bits per heavy atom. The number of allylic oxidation sites excluding steroid dienone is 1. The highest BCUT2D eigenvalue weighted by molar-refractivity contribution is 6.32. The number of aromatic nitrogens is 4. The first-order valence-corrected chi connectivity index (χ1v) is 9.90. The van der Waals surface area contributed by atoms with E-state index in [4.69, 9.17) is 32.7 Å². The number of benzene rings is 2. The van der Waals surface area contributed by atoms with Crippen molar-refractivity contribution in [3.05, 3.63) is 70.0 Å². The van der Waals surface area contributed by atoms with Crippen LogP contribution in [-0.4, -0.2) is 26.8 Å². The molecule has 7 nitrogen and oxygen atoms in total. The van der Waals surface area contributed by atoms with Gasteiger partial charge in [0, 0.05) is 12.1 Å². The molecule has 0 unspecified atom stereocenters. The predicted octanol–water partition coefficient (Wildman–Crippen LogP) is 4.89. The molecule has 0 aliphatic rings. The van der Waals surface area contributed by atoms with Gasteiger partial charge in [-0.25, -0.2) is 9.07 Å². The van der Waals surface area contributed by atoms with Crippen molar-refractivity contribution in [3.63, 3.8) is 0 Å². The minimum atomic E-state index is -0.449. The van der Waals surface area contributed by atoms with E-state index >= 15 is 0 Å². The minimum absolute atomic E-state index is 0.0841. The Morgan fingerprint density at radius 2 is 2.07 bits per heavy atom. The van der Waals surface area contributed by atoms with Gasteiger partial charge in [0.05, 0.1) is 23.2 Å². The van der Waals surface area contributed by atoms with E-state index in [1.165, 1.54) is 12.1 Å². The smallest absolute Gasteiger partial charge is 0.243 e. The molecule has 3 aromatic rings. The van der Waals surface area contributed by atoms with Crippen LogP contribution in [0.3, 0.4) is 0 Å². The van der Waals surface area contributed by atoms with Crippen LogP contribution in [0.5, 0.6) is 11.5 Å². The van der Waals surface area contributed by atoms with Crippen molar-refractivity contribution in [2.75, 3.05) is 11.9 Å². The van der Waals surface area contributed by atoms with Gasteiger partial charge in [-0.3, -0.25) is 0 Å². The molecule has 0 saturated heterocycles. The summed E-state index contributed by atoms with van der Waals surface area (Å²) in [7, 11) is 0. The molecule has 158 valence electrons. The zero-order valence-electron chi connectivity index (χ0n) is 16.2. The number of nitrogens with zero attached hydrogens (tertiary/aromatic N) is 4. The molecular formula is C20H20Cl2FN5O2. The Kier molecular flexibility index (Phi) is 7.48. The van der Waals surface area contributed by atoms with Crippen molar-refractivity contribution < 1.29 is 13.9 Å². The predicted molar refractivity (Wildman–Crippen MR) is 114 cm³/mol. The van der Waals surface area contributed by atoms with E-state index in [1.54, 1.807) is 29.0 Å². The Bertz CT molecular complexity index is 1010. The Labute approximate surface area is 183 Å². The van der Waals surface area contributed by atoms with Gasteiger partial charge in [0.2, 0.25) is 5.95 Å². The standard InChI is InChI=1S/C20H20Cl2FN5O2/c1-3-8-28-20(25-26-27-28)24-11-13-9-16(22)19(18(10-13)29-4-2)30-12-14-15(21)6-5-7-17(14)23/h3,5-7,9-10H,1,4,8,11-12H2,2H3,(H,24,25,27). The van der Waals surface area contributed by atoms with E-state index in [-0.39, 0.29) is 17.2 Å². The third-order valence-corrected chi connectivity index (χ3v) is 4.71. The quantitative estimate of drug-likeness (QED) is 0.442. The van der Waals surface area contributed by atoms with Crippen LogP contribution in [0, 0.1) is 5.82 Å². The minimum Gasteiger partial charge on any atom is -0.490 e. The van der Waals surface area contributed by atoms with E-state index in [9.17, 15) is 4.39 Å². The largest absolute Gasteiger partial charge is 0.490 e. The summed E-state index contributed by atoms with van der Waals surface area (Å²) in [6.45, 7) is 6.72. The first-order chi connectivity index (χ1) is 14.5. The summed E-state index contributed by atoms with van der Waals surface area (Å²) in [4.78, 5) is 0. The zero-order valence-corrected chi connectivity index (χ0v) is 17.8. The van der Waals surface area contributed by atoms with E-state index in [2.05, 4.69) is 27.4 Å². The highest BCUT2D eigenvalue weighted by atomic mass is 35.5. The Hall–Kier alpha value is -2.84. The number of rotatable bonds is 10. The van der Waals surface area contributed by atoms with Crippen LogP contribution in [0.25, 0.3) is 0 Å².